The van der Waals surface area contributed by atoms with Gasteiger partial charge < -0.3 is 4.74 Å². The van der Waals surface area contributed by atoms with Gasteiger partial charge in [-0.3, -0.25) is 0 Å². The molecule has 1 saturated carbocycles. The van der Waals surface area contributed by atoms with Crippen molar-refractivity contribution in [3.8, 4) is 0 Å². The summed E-state index contributed by atoms with van der Waals surface area (Å²) in [7, 11) is 0. The fourth-order valence-electron chi connectivity index (χ4n) is 2.60. The Morgan fingerprint density at radius 3 is 2.38 bits per heavy atom. The first kappa shape index (κ1) is 11.0. The second-order valence-corrected chi connectivity index (χ2v) is 4.12. The smallest absolute Gasteiger partial charge is 0.0605 e. The van der Waals surface area contributed by atoms with Gasteiger partial charge in [0.1, 0.15) is 0 Å². The topological polar surface area (TPSA) is 9.23 Å². The van der Waals surface area contributed by atoms with Crippen molar-refractivity contribution in [1.29, 1.82) is 0 Å². The molecule has 13 heavy (non-hydrogen) atoms. The number of hydrogen-bond donors (Lipinski definition) is 0. The van der Waals surface area contributed by atoms with Crippen molar-refractivity contribution < 1.29 is 4.74 Å². The molecule has 2 rings (SSSR count). The first-order chi connectivity index (χ1) is 6.38. The standard InChI is InChI=1S/C10H18O.C2H6/c1-8-6-7-11-10-5-3-2-4-9(8)10;1-2/h8-10H,2-7H2,1H3;1-2H3. The van der Waals surface area contributed by atoms with Crippen LogP contribution in [0.5, 0.6) is 0 Å². The van der Waals surface area contributed by atoms with Crippen molar-refractivity contribution in [2.24, 2.45) is 11.8 Å². The van der Waals surface area contributed by atoms with Crippen LogP contribution in [-0.4, -0.2) is 12.7 Å². The van der Waals surface area contributed by atoms with Gasteiger partial charge >= 0.3 is 0 Å². The van der Waals surface area contributed by atoms with Crippen LogP contribution in [0.1, 0.15) is 52.9 Å². The van der Waals surface area contributed by atoms with Crippen LogP contribution >= 0.6 is 0 Å². The zero-order valence-corrected chi connectivity index (χ0v) is 9.38. The van der Waals surface area contributed by atoms with Gasteiger partial charge in [-0.05, 0) is 31.1 Å². The van der Waals surface area contributed by atoms with E-state index < -0.39 is 0 Å². The Labute approximate surface area is 82.9 Å². The molecule has 0 aromatic rings. The molecule has 1 aliphatic heterocycles. The SMILES string of the molecule is CC.CC1CCOC2CCCCC12. The molecule has 2 fully saturated rings. The van der Waals surface area contributed by atoms with Crippen LogP contribution in [-0.2, 0) is 4.74 Å². The second-order valence-electron chi connectivity index (χ2n) is 4.12. The molecule has 0 spiro atoms. The lowest BCUT2D eigenvalue weighted by Crippen LogP contribution is -2.37. The lowest BCUT2D eigenvalue weighted by molar-refractivity contribution is -0.0721. The summed E-state index contributed by atoms with van der Waals surface area (Å²) in [6.07, 6.45) is 7.51. The molecule has 2 aliphatic rings. The summed E-state index contributed by atoms with van der Waals surface area (Å²) in [5, 5.41) is 0. The van der Waals surface area contributed by atoms with E-state index in [4.69, 9.17) is 4.74 Å². The zero-order valence-electron chi connectivity index (χ0n) is 9.38. The molecule has 1 aliphatic carbocycles. The number of ether oxygens (including phenoxy) is 1. The average Bonchev–Trinajstić information content (AvgIpc) is 2.22. The van der Waals surface area contributed by atoms with E-state index in [0.29, 0.717) is 6.10 Å². The van der Waals surface area contributed by atoms with Crippen LogP contribution in [0.2, 0.25) is 0 Å². The minimum atomic E-state index is 0.632. The number of fused-ring (bicyclic) bond motifs is 1. The van der Waals surface area contributed by atoms with Gasteiger partial charge in [0, 0.05) is 6.61 Å². The molecule has 1 heteroatoms. The van der Waals surface area contributed by atoms with E-state index in [2.05, 4.69) is 6.92 Å². The quantitative estimate of drug-likeness (QED) is 0.558. The van der Waals surface area contributed by atoms with Gasteiger partial charge in [0.05, 0.1) is 6.10 Å². The molecule has 1 nitrogen and oxygen atoms in total. The van der Waals surface area contributed by atoms with Crippen molar-refractivity contribution in [2.75, 3.05) is 6.61 Å². The lowest BCUT2D eigenvalue weighted by atomic mass is 9.76. The van der Waals surface area contributed by atoms with E-state index in [1.54, 1.807) is 0 Å². The third-order valence-electron chi connectivity index (χ3n) is 3.39. The molecule has 1 saturated heterocycles. The summed E-state index contributed by atoms with van der Waals surface area (Å²) in [5.74, 6) is 1.83. The highest BCUT2D eigenvalue weighted by atomic mass is 16.5. The molecule has 0 amide bonds. The molecule has 0 bridgehead atoms. The van der Waals surface area contributed by atoms with E-state index in [1.807, 2.05) is 13.8 Å². The Kier molecular flexibility index (Phi) is 4.79. The van der Waals surface area contributed by atoms with Crippen molar-refractivity contribution >= 4 is 0 Å². The summed E-state index contributed by atoms with van der Waals surface area (Å²) in [4.78, 5) is 0. The maximum absolute atomic E-state index is 5.75. The van der Waals surface area contributed by atoms with Crippen molar-refractivity contribution in [3.05, 3.63) is 0 Å². The predicted molar refractivity (Wildman–Crippen MR) is 56.8 cm³/mol. The highest BCUT2D eigenvalue weighted by Crippen LogP contribution is 2.36. The fourth-order valence-corrected chi connectivity index (χ4v) is 2.60. The first-order valence-electron chi connectivity index (χ1n) is 5.99. The van der Waals surface area contributed by atoms with Crippen LogP contribution in [0.3, 0.4) is 0 Å². The molecular formula is C12H24O. The van der Waals surface area contributed by atoms with E-state index >= 15 is 0 Å². The Morgan fingerprint density at radius 1 is 1.00 bits per heavy atom. The van der Waals surface area contributed by atoms with Gasteiger partial charge in [0.15, 0.2) is 0 Å². The number of rotatable bonds is 0. The minimum absolute atomic E-state index is 0.632. The Morgan fingerprint density at radius 2 is 1.69 bits per heavy atom. The fraction of sp³-hybridized carbons (Fsp3) is 1.00. The Bertz CT molecular complexity index is 131. The van der Waals surface area contributed by atoms with E-state index in [0.717, 1.165) is 18.4 Å². The highest BCUT2D eigenvalue weighted by Gasteiger charge is 2.32. The van der Waals surface area contributed by atoms with Crippen molar-refractivity contribution in [1.82, 2.24) is 0 Å². The molecule has 0 aromatic heterocycles. The van der Waals surface area contributed by atoms with Gasteiger partial charge in [0.2, 0.25) is 0 Å². The van der Waals surface area contributed by atoms with Crippen LogP contribution in [0, 0.1) is 11.8 Å². The average molecular weight is 184 g/mol. The molecule has 0 N–H and O–H groups in total. The van der Waals surface area contributed by atoms with Gasteiger partial charge in [0.25, 0.3) is 0 Å². The summed E-state index contributed by atoms with van der Waals surface area (Å²) < 4.78 is 5.75. The van der Waals surface area contributed by atoms with Crippen molar-refractivity contribution in [2.45, 2.75) is 59.0 Å². The highest BCUT2D eigenvalue weighted by molar-refractivity contribution is 4.82. The van der Waals surface area contributed by atoms with Crippen LogP contribution < -0.4 is 0 Å². The molecule has 1 heterocycles. The number of hydrogen-bond acceptors (Lipinski definition) is 1. The third-order valence-corrected chi connectivity index (χ3v) is 3.39. The van der Waals surface area contributed by atoms with Gasteiger partial charge in [-0.2, -0.15) is 0 Å². The maximum atomic E-state index is 5.75. The molecule has 3 unspecified atom stereocenters. The minimum Gasteiger partial charge on any atom is -0.378 e. The summed E-state index contributed by atoms with van der Waals surface area (Å²) in [6.45, 7) is 7.41. The van der Waals surface area contributed by atoms with E-state index in [1.165, 1.54) is 32.1 Å². The molecule has 3 atom stereocenters. The van der Waals surface area contributed by atoms with Crippen molar-refractivity contribution in [3.63, 3.8) is 0 Å². The van der Waals surface area contributed by atoms with Gasteiger partial charge in [-0.25, -0.2) is 0 Å². The van der Waals surface area contributed by atoms with E-state index in [9.17, 15) is 0 Å². The second kappa shape index (κ2) is 5.64. The molecule has 0 aromatic carbocycles. The normalized spacial score (nSPS) is 38.5. The summed E-state index contributed by atoms with van der Waals surface area (Å²) in [6, 6.07) is 0. The molecule has 0 radical (unpaired) electrons. The molecule has 78 valence electrons. The zero-order chi connectivity index (χ0) is 9.68. The summed E-state index contributed by atoms with van der Waals surface area (Å²) >= 11 is 0. The monoisotopic (exact) mass is 184 g/mol. The Balaban J connectivity index is 0.000000396. The predicted octanol–water partition coefficient (Wildman–Crippen LogP) is 3.63. The van der Waals surface area contributed by atoms with Gasteiger partial charge in [-0.1, -0.05) is 33.6 Å². The maximum Gasteiger partial charge on any atom is 0.0605 e. The Hall–Kier alpha value is -0.0400. The van der Waals surface area contributed by atoms with Crippen LogP contribution in [0.4, 0.5) is 0 Å². The third kappa shape index (κ3) is 2.70. The molecular weight excluding hydrogens is 160 g/mol. The van der Waals surface area contributed by atoms with Gasteiger partial charge in [-0.15, -0.1) is 0 Å². The lowest BCUT2D eigenvalue weighted by Gasteiger charge is -2.39. The van der Waals surface area contributed by atoms with E-state index in [-0.39, 0.29) is 0 Å². The summed E-state index contributed by atoms with van der Waals surface area (Å²) in [5.41, 5.74) is 0. The van der Waals surface area contributed by atoms with Crippen LogP contribution in [0.15, 0.2) is 0 Å². The van der Waals surface area contributed by atoms with Crippen LogP contribution in [0.25, 0.3) is 0 Å². The largest absolute Gasteiger partial charge is 0.378 e. The first-order valence-corrected chi connectivity index (χ1v) is 5.99.